The topological polar surface area (TPSA) is 118 Å². The van der Waals surface area contributed by atoms with Crippen molar-refractivity contribution >= 4 is 23.9 Å². The molecule has 10 nitrogen and oxygen atoms in total. The Morgan fingerprint density at radius 3 is 1.79 bits per heavy atom. The third kappa shape index (κ3) is 5.03. The number of aromatic nitrogens is 1. The predicted octanol–water partition coefficient (Wildman–Crippen LogP) is -0.160. The van der Waals surface area contributed by atoms with Crippen molar-refractivity contribution < 1.29 is 47.4 Å². The molecule has 28 heavy (non-hydrogen) atoms. The van der Waals surface area contributed by atoms with Crippen molar-refractivity contribution in [3.05, 3.63) is 30.6 Å². The number of pyridine rings is 1. The van der Waals surface area contributed by atoms with Crippen molar-refractivity contribution in [2.45, 2.75) is 51.4 Å². The first-order chi connectivity index (χ1) is 13.2. The van der Waals surface area contributed by atoms with E-state index < -0.39 is 54.5 Å². The zero-order valence-electron chi connectivity index (χ0n) is 15.9. The first-order valence-electron chi connectivity index (χ1n) is 8.45. The number of ether oxygens (including phenoxy) is 5. The summed E-state index contributed by atoms with van der Waals surface area (Å²) in [6.45, 7) is 3.44. The number of carbonyl (C=O) groups is 4. The van der Waals surface area contributed by atoms with Gasteiger partial charge < -0.3 is 18.9 Å². The van der Waals surface area contributed by atoms with Gasteiger partial charge in [0, 0.05) is 32.9 Å². The molecular weight excluding hydrogens is 374 g/mol. The first kappa shape index (κ1) is 21.3. The molecule has 1 aliphatic rings. The van der Waals surface area contributed by atoms with Gasteiger partial charge in [0.05, 0.1) is 7.11 Å². The van der Waals surface area contributed by atoms with Crippen molar-refractivity contribution in [3.8, 4) is 0 Å². The fourth-order valence-corrected chi connectivity index (χ4v) is 2.92. The minimum Gasteiger partial charge on any atom is -0.467 e. The quantitative estimate of drug-likeness (QED) is 0.380. The summed E-state index contributed by atoms with van der Waals surface area (Å²) in [6.07, 6.45) is -3.11. The van der Waals surface area contributed by atoms with E-state index in [0.29, 0.717) is 0 Å². The van der Waals surface area contributed by atoms with Gasteiger partial charge in [0.25, 0.3) is 0 Å². The van der Waals surface area contributed by atoms with E-state index >= 15 is 0 Å². The summed E-state index contributed by atoms with van der Waals surface area (Å²) in [5.41, 5.74) is 0. The lowest BCUT2D eigenvalue weighted by Gasteiger charge is -2.40. The van der Waals surface area contributed by atoms with E-state index in [4.69, 9.17) is 23.7 Å². The molecule has 0 bridgehead atoms. The zero-order chi connectivity index (χ0) is 20.8. The van der Waals surface area contributed by atoms with Crippen molar-refractivity contribution in [2.24, 2.45) is 0 Å². The summed E-state index contributed by atoms with van der Waals surface area (Å²) in [6, 6.07) is 5.14. The highest BCUT2D eigenvalue weighted by atomic mass is 16.7. The van der Waals surface area contributed by atoms with E-state index in [9.17, 15) is 19.2 Å². The number of methoxy groups -OCH3 is 1. The number of nitrogens with zero attached hydrogens (tertiary/aromatic N) is 1. The molecule has 10 heteroatoms. The molecule has 152 valence electrons. The molecule has 0 saturated carbocycles. The molecular formula is C18H22NO9+. The normalized spacial score (nSPS) is 26.6. The SMILES string of the molecule is COC(=O)[C@@H]1O[C@H]([n+]2ccccc2)[C@H](OC(C)=O)[C@H](OC(C)=O)[C@H]1OC(C)=O. The molecule has 2 heterocycles. The third-order valence-corrected chi connectivity index (χ3v) is 3.89. The van der Waals surface area contributed by atoms with Crippen LogP contribution in [0.15, 0.2) is 30.6 Å². The molecule has 0 N–H and O–H groups in total. The van der Waals surface area contributed by atoms with E-state index in [-0.39, 0.29) is 0 Å². The standard InChI is InChI=1S/C18H22NO9/c1-10(20)25-13-14(26-11(2)21)16(18(23)24-4)28-17(15(13)27-12(3)22)19-8-6-5-7-9-19/h5-9,13-17H,1-4H3/q+1/t13-,14-,15-,16-,17+/m1/s1. The Morgan fingerprint density at radius 1 is 0.786 bits per heavy atom. The third-order valence-electron chi connectivity index (χ3n) is 3.89. The Balaban J connectivity index is 2.56. The minimum atomic E-state index is -1.41. The van der Waals surface area contributed by atoms with Gasteiger partial charge in [-0.05, 0) is 0 Å². The summed E-state index contributed by atoms with van der Waals surface area (Å²) in [7, 11) is 1.14. The van der Waals surface area contributed by atoms with E-state index in [1.807, 2.05) is 0 Å². The van der Waals surface area contributed by atoms with E-state index in [1.54, 1.807) is 30.6 Å². The lowest BCUT2D eigenvalue weighted by Crippen LogP contribution is -2.66. The van der Waals surface area contributed by atoms with Gasteiger partial charge in [0.1, 0.15) is 0 Å². The number of hydrogen-bond donors (Lipinski definition) is 0. The molecule has 0 amide bonds. The van der Waals surface area contributed by atoms with Gasteiger partial charge in [-0.2, -0.15) is 4.57 Å². The van der Waals surface area contributed by atoms with Crippen molar-refractivity contribution in [3.63, 3.8) is 0 Å². The monoisotopic (exact) mass is 396 g/mol. The second kappa shape index (κ2) is 9.27. The first-order valence-corrected chi connectivity index (χ1v) is 8.45. The summed E-state index contributed by atoms with van der Waals surface area (Å²) in [5, 5.41) is 0. The molecule has 1 saturated heterocycles. The highest BCUT2D eigenvalue weighted by Gasteiger charge is 2.58. The van der Waals surface area contributed by atoms with Gasteiger partial charge in [0.15, 0.2) is 24.6 Å². The summed E-state index contributed by atoms with van der Waals surface area (Å²) in [5.74, 6) is -2.98. The van der Waals surface area contributed by atoms with E-state index in [2.05, 4.69) is 0 Å². The molecule has 0 aliphatic carbocycles. The molecule has 5 atom stereocenters. The Kier molecular flexibility index (Phi) is 7.05. The average molecular weight is 396 g/mol. The number of hydrogen-bond acceptors (Lipinski definition) is 9. The molecule has 1 aliphatic heterocycles. The molecule has 0 spiro atoms. The Labute approximate surface area is 161 Å². The number of esters is 4. The van der Waals surface area contributed by atoms with Crippen LogP contribution in [0.25, 0.3) is 0 Å². The van der Waals surface area contributed by atoms with Gasteiger partial charge in [-0.1, -0.05) is 6.07 Å². The fourth-order valence-electron chi connectivity index (χ4n) is 2.92. The van der Waals surface area contributed by atoms with E-state index in [1.165, 1.54) is 11.5 Å². The average Bonchev–Trinajstić information content (AvgIpc) is 2.63. The van der Waals surface area contributed by atoms with Crippen LogP contribution in [0, 0.1) is 0 Å². The number of carbonyl (C=O) groups excluding carboxylic acids is 4. The molecule has 0 aromatic carbocycles. The van der Waals surface area contributed by atoms with Crippen LogP contribution < -0.4 is 4.57 Å². The summed E-state index contributed by atoms with van der Waals surface area (Å²) in [4.78, 5) is 47.3. The van der Waals surface area contributed by atoms with Crippen molar-refractivity contribution in [2.75, 3.05) is 7.11 Å². The van der Waals surface area contributed by atoms with Crippen molar-refractivity contribution in [1.82, 2.24) is 0 Å². The van der Waals surface area contributed by atoms with Gasteiger partial charge >= 0.3 is 30.1 Å². The van der Waals surface area contributed by atoms with Gasteiger partial charge in [-0.25, -0.2) is 4.79 Å². The number of rotatable bonds is 5. The van der Waals surface area contributed by atoms with E-state index in [0.717, 1.165) is 21.0 Å². The molecule has 1 fully saturated rings. The van der Waals surface area contributed by atoms with Gasteiger partial charge in [-0.3, -0.25) is 19.1 Å². The van der Waals surface area contributed by atoms with Crippen LogP contribution in [0.5, 0.6) is 0 Å². The van der Waals surface area contributed by atoms with Crippen LogP contribution >= 0.6 is 0 Å². The molecule has 0 radical (unpaired) electrons. The Hall–Kier alpha value is -3.01. The summed E-state index contributed by atoms with van der Waals surface area (Å²) < 4.78 is 27.9. The highest BCUT2D eigenvalue weighted by molar-refractivity contribution is 5.77. The van der Waals surface area contributed by atoms with Crippen LogP contribution in [0.3, 0.4) is 0 Å². The molecule has 0 unspecified atom stereocenters. The maximum atomic E-state index is 12.3. The lowest BCUT2D eigenvalue weighted by atomic mass is 9.96. The molecule has 2 rings (SSSR count). The van der Waals surface area contributed by atoms with Crippen LogP contribution in [-0.2, 0) is 42.9 Å². The van der Waals surface area contributed by atoms with Crippen LogP contribution in [0.2, 0.25) is 0 Å². The molecule has 1 aromatic heterocycles. The van der Waals surface area contributed by atoms with Crippen LogP contribution in [0.4, 0.5) is 0 Å². The highest BCUT2D eigenvalue weighted by Crippen LogP contribution is 2.32. The second-order valence-corrected chi connectivity index (χ2v) is 6.02. The van der Waals surface area contributed by atoms with Crippen LogP contribution in [0.1, 0.15) is 27.0 Å². The minimum absolute atomic E-state index is 0.676. The zero-order valence-corrected chi connectivity index (χ0v) is 15.9. The Bertz CT molecular complexity index is 736. The largest absolute Gasteiger partial charge is 0.467 e. The van der Waals surface area contributed by atoms with Crippen molar-refractivity contribution in [1.29, 1.82) is 0 Å². The summed E-state index contributed by atoms with van der Waals surface area (Å²) >= 11 is 0. The lowest BCUT2D eigenvalue weighted by molar-refractivity contribution is -0.776. The smallest absolute Gasteiger partial charge is 0.339 e. The Morgan fingerprint density at radius 2 is 1.29 bits per heavy atom. The fraction of sp³-hybridized carbons (Fsp3) is 0.500. The van der Waals surface area contributed by atoms with Crippen LogP contribution in [-0.4, -0.2) is 55.4 Å². The maximum Gasteiger partial charge on any atom is 0.339 e. The van der Waals surface area contributed by atoms with Gasteiger partial charge in [0.2, 0.25) is 12.2 Å². The maximum absolute atomic E-state index is 12.3. The predicted molar refractivity (Wildman–Crippen MR) is 89.2 cm³/mol. The van der Waals surface area contributed by atoms with Gasteiger partial charge in [-0.15, -0.1) is 0 Å². The molecule has 1 aromatic rings. The second-order valence-electron chi connectivity index (χ2n) is 6.02.